The number of rotatable bonds is 2. The van der Waals surface area contributed by atoms with E-state index in [1.165, 1.54) is 0 Å². The van der Waals surface area contributed by atoms with E-state index < -0.39 is 17.4 Å². The number of hydrogen-bond acceptors (Lipinski definition) is 2. The second-order valence-electron chi connectivity index (χ2n) is 6.16. The van der Waals surface area contributed by atoms with Gasteiger partial charge in [0.2, 0.25) is 0 Å². The van der Waals surface area contributed by atoms with Gasteiger partial charge in [0.25, 0.3) is 0 Å². The van der Waals surface area contributed by atoms with Crippen LogP contribution in [0.4, 0.5) is 0 Å². The lowest BCUT2D eigenvalue weighted by Gasteiger charge is -2.40. The molecule has 0 saturated heterocycles. The van der Waals surface area contributed by atoms with Gasteiger partial charge in [-0.3, -0.25) is 9.59 Å². The fourth-order valence-electron chi connectivity index (χ4n) is 3.92. The van der Waals surface area contributed by atoms with Gasteiger partial charge in [0, 0.05) is 0 Å². The first-order valence-electron chi connectivity index (χ1n) is 7.72. The third-order valence-electron chi connectivity index (χ3n) is 5.04. The Hall–Kier alpha value is -1.40. The molecule has 6 heteroatoms. The van der Waals surface area contributed by atoms with Crippen LogP contribution in [-0.4, -0.2) is 33.1 Å². The molecule has 23 heavy (non-hydrogen) atoms. The number of carboxylic acids is 2. The maximum atomic E-state index is 11.8. The summed E-state index contributed by atoms with van der Waals surface area (Å²) in [6.45, 7) is 0. The van der Waals surface area contributed by atoms with E-state index in [0.29, 0.717) is 12.8 Å². The van der Waals surface area contributed by atoms with Crippen LogP contribution in [0.25, 0.3) is 0 Å². The van der Waals surface area contributed by atoms with Gasteiger partial charge in [-0.1, -0.05) is 45.3 Å². The van der Waals surface area contributed by atoms with Crippen molar-refractivity contribution < 1.29 is 30.8 Å². The minimum Gasteiger partial charge on any atom is -0.480 e. The first-order valence-corrected chi connectivity index (χ1v) is 7.72. The van der Waals surface area contributed by atoms with Gasteiger partial charge in [-0.05, 0) is 43.9 Å². The molecule has 6 nitrogen and oxygen atoms in total. The van der Waals surface area contributed by atoms with Crippen LogP contribution in [0.3, 0.4) is 0 Å². The van der Waals surface area contributed by atoms with Crippen LogP contribution in [0.2, 0.25) is 0 Å². The molecule has 2 aliphatic rings. The summed E-state index contributed by atoms with van der Waals surface area (Å²) in [5.41, 5.74) is -1.59. The molecule has 2 unspecified atom stereocenters. The number of carboxylic acid groups (broad SMARTS) is 2. The van der Waals surface area contributed by atoms with Gasteiger partial charge in [-0.2, -0.15) is 0 Å². The van der Waals surface area contributed by atoms with Crippen molar-refractivity contribution >= 4 is 11.9 Å². The molecular formula is C17H32O6. The molecule has 0 aliphatic heterocycles. The molecule has 0 aromatic carbocycles. The maximum absolute atomic E-state index is 11.8. The average Bonchev–Trinajstić information content (AvgIpc) is 2.34. The van der Waals surface area contributed by atoms with Gasteiger partial charge in [-0.25, -0.2) is 0 Å². The van der Waals surface area contributed by atoms with Crippen LogP contribution in [0.1, 0.15) is 65.2 Å². The lowest BCUT2D eigenvalue weighted by atomic mass is 9.62. The lowest BCUT2D eigenvalue weighted by molar-refractivity contribution is -0.172. The summed E-state index contributed by atoms with van der Waals surface area (Å²) in [6, 6.07) is 0. The van der Waals surface area contributed by atoms with Gasteiger partial charge >= 0.3 is 11.9 Å². The SMILES string of the molecule is C.O.O.O=C(O)C1(C(=O)O)CCCCCC2C=CCCCCC21. The summed E-state index contributed by atoms with van der Waals surface area (Å²) in [5.74, 6) is -2.45. The fraction of sp³-hybridized carbons (Fsp3) is 0.765. The van der Waals surface area contributed by atoms with E-state index in [1.54, 1.807) is 0 Å². The molecule has 136 valence electrons. The van der Waals surface area contributed by atoms with E-state index in [9.17, 15) is 19.8 Å². The fourth-order valence-corrected chi connectivity index (χ4v) is 3.92. The van der Waals surface area contributed by atoms with Crippen molar-refractivity contribution in [3.63, 3.8) is 0 Å². The highest BCUT2D eigenvalue weighted by Gasteiger charge is 2.54. The van der Waals surface area contributed by atoms with Crippen LogP contribution < -0.4 is 0 Å². The molecule has 0 radical (unpaired) electrons. The maximum Gasteiger partial charge on any atom is 0.321 e. The smallest absolute Gasteiger partial charge is 0.321 e. The monoisotopic (exact) mass is 332 g/mol. The van der Waals surface area contributed by atoms with Gasteiger partial charge in [0.15, 0.2) is 5.41 Å². The van der Waals surface area contributed by atoms with Crippen LogP contribution in [0.5, 0.6) is 0 Å². The molecule has 6 N–H and O–H groups in total. The standard InChI is InChI=1S/C16H24O4.CH4.2H2O/c17-14(18)16(15(19)20)11-7-3-5-9-12-8-4-1-2-6-10-13(12)16;;;/h4,8,12-13H,1-3,5-7,9-11H2,(H,17,18)(H,19,20);1H4;2*1H2. The van der Waals surface area contributed by atoms with Crippen molar-refractivity contribution in [3.8, 4) is 0 Å². The summed E-state index contributed by atoms with van der Waals surface area (Å²) in [6.07, 6.45) is 11.8. The summed E-state index contributed by atoms with van der Waals surface area (Å²) >= 11 is 0. The molecule has 0 bridgehead atoms. The molecule has 2 atom stereocenters. The Morgan fingerprint density at radius 3 is 2.13 bits per heavy atom. The quantitative estimate of drug-likeness (QED) is 0.592. The molecule has 0 aromatic heterocycles. The van der Waals surface area contributed by atoms with Gasteiger partial charge < -0.3 is 21.2 Å². The van der Waals surface area contributed by atoms with E-state index in [4.69, 9.17) is 0 Å². The van der Waals surface area contributed by atoms with Crippen molar-refractivity contribution in [3.05, 3.63) is 12.2 Å². The topological polar surface area (TPSA) is 138 Å². The van der Waals surface area contributed by atoms with Crippen molar-refractivity contribution in [2.45, 2.75) is 65.2 Å². The minimum absolute atomic E-state index is 0. The molecule has 0 aromatic rings. The van der Waals surface area contributed by atoms with E-state index in [0.717, 1.165) is 38.5 Å². The normalized spacial score (nSPS) is 26.3. The molecule has 0 amide bonds. The Morgan fingerprint density at radius 1 is 0.913 bits per heavy atom. The van der Waals surface area contributed by atoms with E-state index >= 15 is 0 Å². The molecule has 1 fully saturated rings. The summed E-state index contributed by atoms with van der Waals surface area (Å²) in [7, 11) is 0. The van der Waals surface area contributed by atoms with Crippen LogP contribution in [-0.2, 0) is 9.59 Å². The first kappa shape index (κ1) is 23.9. The van der Waals surface area contributed by atoms with Gasteiger partial charge in [0.05, 0.1) is 0 Å². The third kappa shape index (κ3) is 4.78. The highest BCUT2D eigenvalue weighted by Crippen LogP contribution is 2.46. The molecule has 0 spiro atoms. The van der Waals surface area contributed by atoms with E-state index in [1.807, 2.05) is 0 Å². The largest absolute Gasteiger partial charge is 0.480 e. The Labute approximate surface area is 138 Å². The summed E-state index contributed by atoms with van der Waals surface area (Å²) < 4.78 is 0. The van der Waals surface area contributed by atoms with Gasteiger partial charge in [0.1, 0.15) is 0 Å². The number of aliphatic carboxylic acids is 2. The molecule has 1 saturated carbocycles. The van der Waals surface area contributed by atoms with Crippen molar-refractivity contribution in [2.24, 2.45) is 17.3 Å². The second-order valence-corrected chi connectivity index (χ2v) is 6.16. The van der Waals surface area contributed by atoms with Crippen molar-refractivity contribution in [1.29, 1.82) is 0 Å². The summed E-state index contributed by atoms with van der Waals surface area (Å²) in [5, 5.41) is 19.3. The molecule has 2 aliphatic carbocycles. The zero-order chi connectivity index (χ0) is 14.6. The lowest BCUT2D eigenvalue weighted by Crippen LogP contribution is -2.49. The molecule has 2 rings (SSSR count). The number of hydrogen-bond donors (Lipinski definition) is 2. The van der Waals surface area contributed by atoms with Crippen LogP contribution in [0.15, 0.2) is 12.2 Å². The summed E-state index contributed by atoms with van der Waals surface area (Å²) in [4.78, 5) is 23.7. The Morgan fingerprint density at radius 2 is 1.52 bits per heavy atom. The number of fused-ring (bicyclic) bond motifs is 1. The predicted molar refractivity (Wildman–Crippen MR) is 89.3 cm³/mol. The Kier molecular flexibility index (Phi) is 10.8. The van der Waals surface area contributed by atoms with Crippen molar-refractivity contribution in [2.75, 3.05) is 0 Å². The van der Waals surface area contributed by atoms with Gasteiger partial charge in [-0.15, -0.1) is 0 Å². The Balaban J connectivity index is 0. The van der Waals surface area contributed by atoms with E-state index in [-0.39, 0.29) is 36.6 Å². The highest BCUT2D eigenvalue weighted by molar-refractivity contribution is 5.98. The van der Waals surface area contributed by atoms with Crippen LogP contribution >= 0.6 is 0 Å². The van der Waals surface area contributed by atoms with E-state index in [2.05, 4.69) is 12.2 Å². The predicted octanol–water partition coefficient (Wildman–Crippen LogP) is 2.46. The van der Waals surface area contributed by atoms with Crippen molar-refractivity contribution in [1.82, 2.24) is 0 Å². The molecule has 0 heterocycles. The zero-order valence-corrected chi connectivity index (χ0v) is 12.9. The number of allylic oxidation sites excluding steroid dienone is 2. The minimum atomic E-state index is -1.59. The third-order valence-corrected chi connectivity index (χ3v) is 5.04. The molecular weight excluding hydrogens is 300 g/mol. The highest BCUT2D eigenvalue weighted by atomic mass is 16.4. The average molecular weight is 332 g/mol. The zero-order valence-electron chi connectivity index (χ0n) is 12.9. The number of carbonyl (C=O) groups is 2. The second kappa shape index (κ2) is 10.4. The Bertz CT molecular complexity index is 390. The van der Waals surface area contributed by atoms with Crippen LogP contribution in [0, 0.1) is 17.3 Å². The first-order chi connectivity index (χ1) is 9.59.